The third-order valence-corrected chi connectivity index (χ3v) is 2.42. The van der Waals surface area contributed by atoms with Crippen molar-refractivity contribution in [3.8, 4) is 0 Å². The molecule has 0 bridgehead atoms. The van der Waals surface area contributed by atoms with E-state index < -0.39 is 7.82 Å². The van der Waals surface area contributed by atoms with Gasteiger partial charge in [0.15, 0.2) is 0 Å². The van der Waals surface area contributed by atoms with E-state index in [1.54, 1.807) is 20.8 Å². The number of carbonyl (C=O) groups excluding carboxylic acids is 1. The molecule has 0 unspecified atom stereocenters. The van der Waals surface area contributed by atoms with Gasteiger partial charge in [-0.1, -0.05) is 0 Å². The average molecular weight is 238 g/mol. The van der Waals surface area contributed by atoms with Crippen molar-refractivity contribution < 1.29 is 28.0 Å². The maximum absolute atomic E-state index is 10.5. The van der Waals surface area contributed by atoms with E-state index in [-0.39, 0.29) is 19.2 Å². The third kappa shape index (κ3) is 6.41. The summed E-state index contributed by atoms with van der Waals surface area (Å²) in [5.74, 6) is -0.199. The standard InChI is InChI=1S/C4H11O4P.C4H4O2/c1-3-7-9(5,6)8-4-2;1-3-2-6-4(3)5/h3-4H2,1-2H3,(H,5,6);2H,1H3. The lowest BCUT2D eigenvalue weighted by molar-refractivity contribution is -0.138. The second-order valence-electron chi connectivity index (χ2n) is 2.51. The maximum atomic E-state index is 10.5. The molecule has 6 nitrogen and oxygen atoms in total. The zero-order valence-corrected chi connectivity index (χ0v) is 9.82. The molecule has 7 heteroatoms. The molecule has 0 aromatic heterocycles. The number of cyclic esters (lactones) is 1. The van der Waals surface area contributed by atoms with Crippen molar-refractivity contribution in [1.82, 2.24) is 0 Å². The molecule has 0 atom stereocenters. The Bertz CT molecular complexity index is 275. The zero-order valence-electron chi connectivity index (χ0n) is 8.93. The predicted molar refractivity (Wildman–Crippen MR) is 52.9 cm³/mol. The van der Waals surface area contributed by atoms with Crippen LogP contribution in [0.15, 0.2) is 11.8 Å². The largest absolute Gasteiger partial charge is 0.472 e. The molecular weight excluding hydrogens is 223 g/mol. The van der Waals surface area contributed by atoms with Gasteiger partial charge in [-0.05, 0) is 20.8 Å². The Morgan fingerprint density at radius 3 is 1.93 bits per heavy atom. The highest BCUT2D eigenvalue weighted by atomic mass is 31.2. The molecule has 0 aromatic carbocycles. The molecule has 1 rings (SSSR count). The Labute approximate surface area is 88.5 Å². The highest BCUT2D eigenvalue weighted by molar-refractivity contribution is 7.47. The highest BCUT2D eigenvalue weighted by Crippen LogP contribution is 2.42. The number of ether oxygens (including phenoxy) is 1. The van der Waals surface area contributed by atoms with Gasteiger partial charge < -0.3 is 9.63 Å². The van der Waals surface area contributed by atoms with Crippen LogP contribution in [-0.4, -0.2) is 24.1 Å². The maximum Gasteiger partial charge on any atom is 0.472 e. The first-order chi connectivity index (χ1) is 6.93. The predicted octanol–water partition coefficient (Wildman–Crippen LogP) is 1.61. The topological polar surface area (TPSA) is 82.1 Å². The monoisotopic (exact) mass is 238 g/mol. The van der Waals surface area contributed by atoms with Gasteiger partial charge in [-0.25, -0.2) is 9.36 Å². The van der Waals surface area contributed by atoms with Gasteiger partial charge in [0, 0.05) is 0 Å². The van der Waals surface area contributed by atoms with Crippen LogP contribution in [-0.2, 0) is 23.1 Å². The molecule has 0 saturated carbocycles. The van der Waals surface area contributed by atoms with E-state index >= 15 is 0 Å². The van der Waals surface area contributed by atoms with E-state index in [2.05, 4.69) is 13.8 Å². The Balaban J connectivity index is 0.000000280. The number of phosphoric ester groups is 1. The summed E-state index contributed by atoms with van der Waals surface area (Å²) in [7, 11) is -3.69. The lowest BCUT2D eigenvalue weighted by atomic mass is 10.3. The van der Waals surface area contributed by atoms with Crippen molar-refractivity contribution in [2.45, 2.75) is 20.8 Å². The summed E-state index contributed by atoms with van der Waals surface area (Å²) in [5, 5.41) is 0. The number of hydrogen-bond acceptors (Lipinski definition) is 5. The van der Waals surface area contributed by atoms with Gasteiger partial charge >= 0.3 is 13.8 Å². The van der Waals surface area contributed by atoms with Crippen LogP contribution in [0.4, 0.5) is 0 Å². The summed E-state index contributed by atoms with van der Waals surface area (Å²) >= 11 is 0. The van der Waals surface area contributed by atoms with Gasteiger partial charge in [0.25, 0.3) is 0 Å². The van der Waals surface area contributed by atoms with Crippen LogP contribution in [0.25, 0.3) is 0 Å². The SMILES string of the molecule is CC1=COC1=O.CCOP(=O)(O)OCC. The van der Waals surface area contributed by atoms with Crippen molar-refractivity contribution >= 4 is 13.8 Å². The van der Waals surface area contributed by atoms with Crippen LogP contribution in [0.3, 0.4) is 0 Å². The van der Waals surface area contributed by atoms with E-state index in [1.165, 1.54) is 6.26 Å². The van der Waals surface area contributed by atoms with Crippen LogP contribution >= 0.6 is 7.82 Å². The molecule has 1 aliphatic heterocycles. The van der Waals surface area contributed by atoms with E-state index in [1.807, 2.05) is 0 Å². The van der Waals surface area contributed by atoms with Crippen LogP contribution in [0.1, 0.15) is 20.8 Å². The van der Waals surface area contributed by atoms with E-state index in [4.69, 9.17) is 4.89 Å². The summed E-state index contributed by atoms with van der Waals surface area (Å²) in [5.41, 5.74) is 0.704. The number of rotatable bonds is 4. The van der Waals surface area contributed by atoms with E-state index in [9.17, 15) is 9.36 Å². The number of hydrogen-bond donors (Lipinski definition) is 1. The quantitative estimate of drug-likeness (QED) is 0.591. The molecule has 0 radical (unpaired) electrons. The molecule has 88 valence electrons. The number of phosphoric acid groups is 1. The molecule has 15 heavy (non-hydrogen) atoms. The van der Waals surface area contributed by atoms with Crippen molar-refractivity contribution in [3.63, 3.8) is 0 Å². The molecule has 0 saturated heterocycles. The van der Waals surface area contributed by atoms with Crippen molar-refractivity contribution in [2.24, 2.45) is 0 Å². The van der Waals surface area contributed by atoms with Crippen molar-refractivity contribution in [3.05, 3.63) is 11.8 Å². The first kappa shape index (κ1) is 14.3. The van der Waals surface area contributed by atoms with Crippen LogP contribution in [0, 0.1) is 0 Å². The molecule has 0 aromatic rings. The fourth-order valence-electron chi connectivity index (χ4n) is 0.588. The minimum atomic E-state index is -3.69. The second kappa shape index (κ2) is 6.74. The average Bonchev–Trinajstić information content (AvgIpc) is 2.16. The molecule has 0 amide bonds. The van der Waals surface area contributed by atoms with Gasteiger partial charge in [0.1, 0.15) is 6.26 Å². The summed E-state index contributed by atoms with van der Waals surface area (Å²) in [6.07, 6.45) is 1.43. The fourth-order valence-corrected chi connectivity index (χ4v) is 1.32. The van der Waals surface area contributed by atoms with E-state index in [0.29, 0.717) is 5.57 Å². The normalized spacial score (nSPS) is 14.4. The number of esters is 1. The molecule has 0 aliphatic carbocycles. The first-order valence-corrected chi connectivity index (χ1v) is 5.92. The Morgan fingerprint density at radius 2 is 1.80 bits per heavy atom. The molecule has 1 N–H and O–H groups in total. The van der Waals surface area contributed by atoms with Gasteiger partial charge in [-0.15, -0.1) is 0 Å². The minimum Gasteiger partial charge on any atom is -0.430 e. The summed E-state index contributed by atoms with van der Waals surface area (Å²) in [4.78, 5) is 18.6. The van der Waals surface area contributed by atoms with Crippen molar-refractivity contribution in [1.29, 1.82) is 0 Å². The van der Waals surface area contributed by atoms with Gasteiger partial charge in [0.2, 0.25) is 0 Å². The summed E-state index contributed by atoms with van der Waals surface area (Å²) in [6, 6.07) is 0. The molecular formula is C8H15O6P. The highest BCUT2D eigenvalue weighted by Gasteiger charge is 2.17. The van der Waals surface area contributed by atoms with Crippen LogP contribution < -0.4 is 0 Å². The van der Waals surface area contributed by atoms with Crippen LogP contribution in [0.5, 0.6) is 0 Å². The third-order valence-electron chi connectivity index (χ3n) is 1.25. The number of carbonyl (C=O) groups is 1. The van der Waals surface area contributed by atoms with Gasteiger partial charge in [-0.3, -0.25) is 9.05 Å². The Morgan fingerprint density at radius 1 is 1.40 bits per heavy atom. The smallest absolute Gasteiger partial charge is 0.430 e. The molecule has 1 heterocycles. The lowest BCUT2D eigenvalue weighted by Gasteiger charge is -2.07. The molecule has 1 aliphatic rings. The van der Waals surface area contributed by atoms with Gasteiger partial charge in [0.05, 0.1) is 18.8 Å². The fraction of sp³-hybridized carbons (Fsp3) is 0.625. The summed E-state index contributed by atoms with van der Waals surface area (Å²) < 4.78 is 23.5. The van der Waals surface area contributed by atoms with Gasteiger partial charge in [-0.2, -0.15) is 0 Å². The Kier molecular flexibility index (Phi) is 6.43. The lowest BCUT2D eigenvalue weighted by Crippen LogP contribution is -2.10. The molecule has 0 fully saturated rings. The second-order valence-corrected chi connectivity index (χ2v) is 3.96. The van der Waals surface area contributed by atoms with E-state index in [0.717, 1.165) is 0 Å². The zero-order chi connectivity index (χ0) is 11.9. The summed E-state index contributed by atoms with van der Waals surface area (Å²) in [6.45, 7) is 5.34. The molecule has 0 spiro atoms. The Hall–Kier alpha value is -0.680. The van der Waals surface area contributed by atoms with Crippen molar-refractivity contribution in [2.75, 3.05) is 13.2 Å². The minimum absolute atomic E-state index is 0.188. The van der Waals surface area contributed by atoms with Crippen LogP contribution in [0.2, 0.25) is 0 Å². The first-order valence-electron chi connectivity index (χ1n) is 4.42.